The number of nitrogens with one attached hydrogen (secondary N) is 2. The van der Waals surface area contributed by atoms with Crippen LogP contribution in [0.25, 0.3) is 0 Å². The molecule has 1 heterocycles. The lowest BCUT2D eigenvalue weighted by molar-refractivity contribution is -0.151. The molecule has 2 atom stereocenters. The molecule has 1 saturated heterocycles. The van der Waals surface area contributed by atoms with Gasteiger partial charge in [-0.3, -0.25) is 9.59 Å². The zero-order valence-corrected chi connectivity index (χ0v) is 16.4. The highest BCUT2D eigenvalue weighted by molar-refractivity contribution is 7.91. The van der Waals surface area contributed by atoms with Crippen LogP contribution in [0.4, 0.5) is 4.39 Å². The van der Waals surface area contributed by atoms with Crippen LogP contribution in [0.1, 0.15) is 30.6 Å². The van der Waals surface area contributed by atoms with Gasteiger partial charge in [-0.25, -0.2) is 17.6 Å². The largest absolute Gasteiger partial charge is 0.454 e. The highest BCUT2D eigenvalue weighted by Crippen LogP contribution is 2.12. The number of amides is 2. The molecule has 0 saturated carbocycles. The van der Waals surface area contributed by atoms with Crippen molar-refractivity contribution in [1.29, 1.82) is 0 Å². The lowest BCUT2D eigenvalue weighted by Gasteiger charge is -2.21. The minimum Gasteiger partial charge on any atom is -0.454 e. The SMILES string of the molecule is CC(C)[C@H](NC(=O)c1ccccc1F)C(=O)OCC(=O)N[C@@H]1CCS(=O)(=O)C1. The van der Waals surface area contributed by atoms with Crippen molar-refractivity contribution in [2.45, 2.75) is 32.4 Å². The average Bonchev–Trinajstić information content (AvgIpc) is 2.95. The first-order chi connectivity index (χ1) is 13.1. The average molecular weight is 414 g/mol. The molecule has 1 aromatic rings. The second-order valence-electron chi connectivity index (χ2n) is 6.95. The highest BCUT2D eigenvalue weighted by Gasteiger charge is 2.30. The fourth-order valence-electron chi connectivity index (χ4n) is 2.77. The lowest BCUT2D eigenvalue weighted by Crippen LogP contribution is -2.46. The minimum absolute atomic E-state index is 0.00916. The molecule has 2 rings (SSSR count). The van der Waals surface area contributed by atoms with E-state index >= 15 is 0 Å². The molecule has 1 fully saturated rings. The molecule has 0 radical (unpaired) electrons. The van der Waals surface area contributed by atoms with Crippen molar-refractivity contribution in [3.8, 4) is 0 Å². The number of benzene rings is 1. The molecule has 1 aliphatic heterocycles. The lowest BCUT2D eigenvalue weighted by atomic mass is 10.0. The zero-order valence-electron chi connectivity index (χ0n) is 15.6. The van der Waals surface area contributed by atoms with E-state index in [-0.39, 0.29) is 23.0 Å². The van der Waals surface area contributed by atoms with Crippen LogP contribution in [-0.2, 0) is 24.2 Å². The Morgan fingerprint density at radius 3 is 2.50 bits per heavy atom. The standard InChI is InChI=1S/C18H23FN2O6S/c1-11(2)16(21-17(23)13-5-3-4-6-14(13)19)18(24)27-9-15(22)20-12-7-8-28(25,26)10-12/h3-6,11-12,16H,7-10H2,1-2H3,(H,20,22)(H,21,23)/t12-,16+/m1/s1. The molecule has 0 spiro atoms. The Labute approximate surface area is 162 Å². The summed E-state index contributed by atoms with van der Waals surface area (Å²) in [5.74, 6) is -3.45. The molecule has 154 valence electrons. The second-order valence-corrected chi connectivity index (χ2v) is 9.18. The maximum Gasteiger partial charge on any atom is 0.329 e. The summed E-state index contributed by atoms with van der Waals surface area (Å²) in [5, 5.41) is 4.92. The van der Waals surface area contributed by atoms with E-state index in [4.69, 9.17) is 4.74 Å². The fourth-order valence-corrected chi connectivity index (χ4v) is 4.44. The van der Waals surface area contributed by atoms with E-state index in [1.807, 2.05) is 0 Å². The van der Waals surface area contributed by atoms with Crippen LogP contribution in [0.5, 0.6) is 0 Å². The molecule has 1 aliphatic rings. The van der Waals surface area contributed by atoms with Gasteiger partial charge < -0.3 is 15.4 Å². The first-order valence-corrected chi connectivity index (χ1v) is 10.6. The van der Waals surface area contributed by atoms with Crippen molar-refractivity contribution in [2.75, 3.05) is 18.1 Å². The van der Waals surface area contributed by atoms with Crippen LogP contribution >= 0.6 is 0 Å². The van der Waals surface area contributed by atoms with Crippen LogP contribution < -0.4 is 10.6 Å². The topological polar surface area (TPSA) is 119 Å². The Morgan fingerprint density at radius 2 is 1.93 bits per heavy atom. The van der Waals surface area contributed by atoms with Crippen LogP contribution in [-0.4, -0.2) is 56.4 Å². The van der Waals surface area contributed by atoms with Crippen molar-refractivity contribution in [3.63, 3.8) is 0 Å². The first-order valence-electron chi connectivity index (χ1n) is 8.81. The number of hydrogen-bond acceptors (Lipinski definition) is 6. The Hall–Kier alpha value is -2.49. The van der Waals surface area contributed by atoms with E-state index in [9.17, 15) is 27.2 Å². The van der Waals surface area contributed by atoms with E-state index in [0.717, 1.165) is 6.07 Å². The van der Waals surface area contributed by atoms with Gasteiger partial charge in [-0.15, -0.1) is 0 Å². The van der Waals surface area contributed by atoms with Crippen LogP contribution in [0.3, 0.4) is 0 Å². The number of esters is 1. The van der Waals surface area contributed by atoms with Gasteiger partial charge in [0.15, 0.2) is 16.4 Å². The van der Waals surface area contributed by atoms with Gasteiger partial charge in [-0.05, 0) is 24.5 Å². The second kappa shape index (κ2) is 9.13. The fraction of sp³-hybridized carbons (Fsp3) is 0.500. The number of carbonyl (C=O) groups is 3. The van der Waals surface area contributed by atoms with Crippen molar-refractivity contribution in [2.24, 2.45) is 5.92 Å². The molecular weight excluding hydrogens is 391 g/mol. The minimum atomic E-state index is -3.14. The number of sulfone groups is 1. The first kappa shape index (κ1) is 21.8. The summed E-state index contributed by atoms with van der Waals surface area (Å²) >= 11 is 0. The molecule has 0 bridgehead atoms. The van der Waals surface area contributed by atoms with E-state index in [0.29, 0.717) is 6.42 Å². The van der Waals surface area contributed by atoms with Gasteiger partial charge in [0.1, 0.15) is 11.9 Å². The molecule has 10 heteroatoms. The van der Waals surface area contributed by atoms with Gasteiger partial charge in [0.05, 0.1) is 17.1 Å². The summed E-state index contributed by atoms with van der Waals surface area (Å²) < 4.78 is 41.5. The monoisotopic (exact) mass is 414 g/mol. The number of hydrogen-bond donors (Lipinski definition) is 2. The van der Waals surface area contributed by atoms with Gasteiger partial charge in [-0.2, -0.15) is 0 Å². The van der Waals surface area contributed by atoms with Gasteiger partial charge >= 0.3 is 5.97 Å². The molecule has 0 aliphatic carbocycles. The van der Waals surface area contributed by atoms with Crippen molar-refractivity contribution in [3.05, 3.63) is 35.6 Å². The predicted molar refractivity (Wildman–Crippen MR) is 98.7 cm³/mol. The van der Waals surface area contributed by atoms with Crippen molar-refractivity contribution in [1.82, 2.24) is 10.6 Å². The molecule has 2 N–H and O–H groups in total. The number of ether oxygens (including phenoxy) is 1. The molecule has 28 heavy (non-hydrogen) atoms. The van der Waals surface area contributed by atoms with Gasteiger partial charge in [0, 0.05) is 6.04 Å². The summed E-state index contributed by atoms with van der Waals surface area (Å²) in [5.41, 5.74) is -0.207. The number of carbonyl (C=O) groups excluding carboxylic acids is 3. The third-order valence-corrected chi connectivity index (χ3v) is 6.04. The molecular formula is C18H23FN2O6S. The highest BCUT2D eigenvalue weighted by atomic mass is 32.2. The number of halogens is 1. The summed E-state index contributed by atoms with van der Waals surface area (Å²) in [4.78, 5) is 36.4. The third-order valence-electron chi connectivity index (χ3n) is 4.27. The van der Waals surface area contributed by atoms with E-state index in [2.05, 4.69) is 10.6 Å². The maximum atomic E-state index is 13.7. The zero-order chi connectivity index (χ0) is 20.9. The normalized spacial score (nSPS) is 19.1. The van der Waals surface area contributed by atoms with Crippen LogP contribution in [0.2, 0.25) is 0 Å². The molecule has 2 amide bonds. The molecule has 0 unspecified atom stereocenters. The Kier molecular flexibility index (Phi) is 7.11. The Bertz CT molecular complexity index is 855. The van der Waals surface area contributed by atoms with Gasteiger partial charge in [0.2, 0.25) is 0 Å². The molecule has 8 nitrogen and oxygen atoms in total. The van der Waals surface area contributed by atoms with E-state index < -0.39 is 52.1 Å². The maximum absolute atomic E-state index is 13.7. The van der Waals surface area contributed by atoms with E-state index in [1.165, 1.54) is 18.2 Å². The summed E-state index contributed by atoms with van der Waals surface area (Å²) in [7, 11) is -3.14. The van der Waals surface area contributed by atoms with Gasteiger partial charge in [-0.1, -0.05) is 26.0 Å². The smallest absolute Gasteiger partial charge is 0.329 e. The van der Waals surface area contributed by atoms with E-state index in [1.54, 1.807) is 13.8 Å². The Morgan fingerprint density at radius 1 is 1.25 bits per heavy atom. The quantitative estimate of drug-likeness (QED) is 0.625. The Balaban J connectivity index is 1.89. The van der Waals surface area contributed by atoms with Gasteiger partial charge in [0.25, 0.3) is 11.8 Å². The van der Waals surface area contributed by atoms with Crippen LogP contribution in [0.15, 0.2) is 24.3 Å². The predicted octanol–water partition coefficient (Wildman–Crippen LogP) is 0.427. The summed E-state index contributed by atoms with van der Waals surface area (Å²) in [6.07, 6.45) is 0.315. The third kappa shape index (κ3) is 6.01. The van der Waals surface area contributed by atoms with Crippen molar-refractivity contribution < 1.29 is 31.9 Å². The van der Waals surface area contributed by atoms with Crippen molar-refractivity contribution >= 4 is 27.6 Å². The molecule has 1 aromatic carbocycles. The summed E-state index contributed by atoms with van der Waals surface area (Å²) in [6, 6.07) is 3.77. The summed E-state index contributed by atoms with van der Waals surface area (Å²) in [6.45, 7) is 2.72. The van der Waals surface area contributed by atoms with Crippen LogP contribution in [0, 0.1) is 11.7 Å². The molecule has 0 aromatic heterocycles. The number of rotatable bonds is 7.